The van der Waals surface area contributed by atoms with Gasteiger partial charge in [-0.2, -0.15) is 5.26 Å². The number of hydrogen-bond acceptors (Lipinski definition) is 7. The minimum atomic E-state index is -2.71. The van der Waals surface area contributed by atoms with Crippen LogP contribution in [0.1, 0.15) is 56.1 Å². The molecule has 50 heavy (non-hydrogen) atoms. The van der Waals surface area contributed by atoms with Gasteiger partial charge in [0.1, 0.15) is 18.7 Å². The normalized spacial score (nSPS) is 18.7. The van der Waals surface area contributed by atoms with Crippen LogP contribution in [0.25, 0.3) is 10.8 Å². The highest BCUT2D eigenvalue weighted by Crippen LogP contribution is 2.38. The lowest BCUT2D eigenvalue weighted by molar-refractivity contribution is -0.131. The van der Waals surface area contributed by atoms with Gasteiger partial charge < -0.3 is 26.0 Å². The molecule has 1 aliphatic carbocycles. The van der Waals surface area contributed by atoms with E-state index in [9.17, 15) is 33.2 Å². The number of ether oxygens (including phenoxy) is 1. The Balaban J connectivity index is 0.000000482. The average molecular weight is 690 g/mol. The van der Waals surface area contributed by atoms with Gasteiger partial charge in [-0.1, -0.05) is 72.8 Å². The molecule has 1 heterocycles. The molecule has 3 amide bonds. The van der Waals surface area contributed by atoms with Gasteiger partial charge in [-0.3, -0.25) is 19.2 Å². The Kier molecular flexibility index (Phi) is 14.2. The smallest absolute Gasteiger partial charge is 0.293 e. The highest BCUT2D eigenvalue weighted by atomic mass is 19.3. The lowest BCUT2D eigenvalue weighted by Gasteiger charge is -2.31. The first-order valence-corrected chi connectivity index (χ1v) is 17.0. The van der Waals surface area contributed by atoms with Crippen LogP contribution in [0.2, 0.25) is 0 Å². The van der Waals surface area contributed by atoms with Gasteiger partial charge in [0.05, 0.1) is 12.1 Å². The number of fused-ring (bicyclic) bond motifs is 1. The second kappa shape index (κ2) is 18.8. The van der Waals surface area contributed by atoms with E-state index in [0.29, 0.717) is 32.5 Å². The number of amides is 3. The molecule has 0 radical (unpaired) electrons. The highest BCUT2D eigenvalue weighted by Gasteiger charge is 2.38. The summed E-state index contributed by atoms with van der Waals surface area (Å²) in [6.07, 6.45) is 1.33. The second-order valence-electron chi connectivity index (χ2n) is 12.9. The van der Waals surface area contributed by atoms with E-state index in [1.54, 1.807) is 7.05 Å². The largest absolute Gasteiger partial charge is 0.463 e. The summed E-state index contributed by atoms with van der Waals surface area (Å²) in [4.78, 5) is 48.6. The standard InChI is InChI=1S/C30H37F2N5O3.C8H8O2/c1-34-25(17-21-7-4-6-20-5-2-3-8-24(20)21)28(39)37-26(15-19-9-12-30(31,32)13-10-19)29(40)36-23(18-33)16-22-11-14-35-27(22)38;9-7-10-6-8-4-2-1-3-5-8/h2-8,19,22-23,25-26,34H,9-17H2,1H3,(H,35,38)(H,36,40)(H,37,39);1-5,7H,6H2. The summed E-state index contributed by atoms with van der Waals surface area (Å²) < 4.78 is 32.1. The Morgan fingerprint density at radius 2 is 1.64 bits per heavy atom. The van der Waals surface area contributed by atoms with Gasteiger partial charge in [0.2, 0.25) is 23.6 Å². The first-order valence-electron chi connectivity index (χ1n) is 17.0. The maximum Gasteiger partial charge on any atom is 0.293 e. The van der Waals surface area contributed by atoms with Crippen LogP contribution in [-0.4, -0.2) is 61.8 Å². The summed E-state index contributed by atoms with van der Waals surface area (Å²) in [5.41, 5.74) is 1.98. The summed E-state index contributed by atoms with van der Waals surface area (Å²) >= 11 is 0. The molecule has 266 valence electrons. The Morgan fingerprint density at radius 3 is 2.30 bits per heavy atom. The summed E-state index contributed by atoms with van der Waals surface area (Å²) in [7, 11) is 1.67. The fourth-order valence-electron chi connectivity index (χ4n) is 6.46. The molecule has 1 saturated carbocycles. The van der Waals surface area contributed by atoms with Crippen molar-refractivity contribution in [3.63, 3.8) is 0 Å². The first-order chi connectivity index (χ1) is 24.1. The van der Waals surface area contributed by atoms with E-state index in [1.165, 1.54) is 0 Å². The third-order valence-electron chi connectivity index (χ3n) is 9.32. The maximum atomic E-state index is 13.8. The molecule has 3 aromatic carbocycles. The van der Waals surface area contributed by atoms with Crippen LogP contribution in [-0.2, 0) is 36.9 Å². The SMILES string of the molecule is CNC(Cc1cccc2ccccc12)C(=O)NC(CC1CCC(F)(F)CC1)C(=O)NC(C#N)CC1CCNC1=O.O=COCc1ccccc1. The monoisotopic (exact) mass is 689 g/mol. The van der Waals surface area contributed by atoms with Crippen molar-refractivity contribution < 1.29 is 32.7 Å². The Bertz CT molecular complexity index is 1620. The molecule has 2 aliphatic rings. The highest BCUT2D eigenvalue weighted by molar-refractivity contribution is 5.91. The van der Waals surface area contributed by atoms with Crippen molar-refractivity contribution >= 4 is 35.0 Å². The number of nitrogens with one attached hydrogen (secondary N) is 4. The molecule has 0 bridgehead atoms. The van der Waals surface area contributed by atoms with Crippen molar-refractivity contribution in [2.75, 3.05) is 13.6 Å². The van der Waals surface area contributed by atoms with Crippen LogP contribution in [0.5, 0.6) is 0 Å². The molecule has 3 aromatic rings. The van der Waals surface area contributed by atoms with Crippen LogP contribution in [0.15, 0.2) is 72.8 Å². The molecule has 2 fully saturated rings. The van der Waals surface area contributed by atoms with Crippen molar-refractivity contribution in [3.05, 3.63) is 83.9 Å². The number of benzene rings is 3. The number of nitriles is 1. The third-order valence-corrected chi connectivity index (χ3v) is 9.32. The molecule has 4 unspecified atom stereocenters. The molecular weight excluding hydrogens is 644 g/mol. The van der Waals surface area contributed by atoms with Gasteiger partial charge in [-0.05, 0) is 73.4 Å². The van der Waals surface area contributed by atoms with Gasteiger partial charge >= 0.3 is 0 Å². The van der Waals surface area contributed by atoms with E-state index >= 15 is 0 Å². The van der Waals surface area contributed by atoms with E-state index in [2.05, 4.69) is 32.1 Å². The van der Waals surface area contributed by atoms with Crippen molar-refractivity contribution in [3.8, 4) is 6.07 Å². The Labute approximate surface area is 291 Å². The lowest BCUT2D eigenvalue weighted by Crippen LogP contribution is -2.55. The maximum absolute atomic E-state index is 13.8. The molecule has 4 N–H and O–H groups in total. The first kappa shape index (κ1) is 37.9. The molecule has 1 saturated heterocycles. The van der Waals surface area contributed by atoms with Crippen molar-refractivity contribution in [2.45, 2.75) is 82.0 Å². The summed E-state index contributed by atoms with van der Waals surface area (Å²) in [6, 6.07) is 22.8. The fourth-order valence-corrected chi connectivity index (χ4v) is 6.46. The topological polar surface area (TPSA) is 149 Å². The predicted molar refractivity (Wildman–Crippen MR) is 185 cm³/mol. The Morgan fingerprint density at radius 1 is 0.960 bits per heavy atom. The van der Waals surface area contributed by atoms with Crippen LogP contribution in [0.4, 0.5) is 8.78 Å². The number of halogens is 2. The van der Waals surface area contributed by atoms with E-state index < -0.39 is 30.0 Å². The molecule has 0 spiro atoms. The molecule has 5 rings (SSSR count). The number of rotatable bonds is 14. The molecule has 1 aliphatic heterocycles. The number of likely N-dealkylation sites (N-methyl/N-ethyl adjacent to an activating group) is 1. The molecule has 12 heteroatoms. The average Bonchev–Trinajstić information content (AvgIpc) is 3.53. The van der Waals surface area contributed by atoms with Gasteiger partial charge in [0.25, 0.3) is 6.47 Å². The van der Waals surface area contributed by atoms with E-state index in [-0.39, 0.29) is 62.2 Å². The number of alkyl halides is 2. The van der Waals surface area contributed by atoms with Crippen LogP contribution >= 0.6 is 0 Å². The van der Waals surface area contributed by atoms with Crippen molar-refractivity contribution in [1.82, 2.24) is 21.3 Å². The van der Waals surface area contributed by atoms with Crippen molar-refractivity contribution in [2.24, 2.45) is 11.8 Å². The van der Waals surface area contributed by atoms with Gasteiger partial charge in [-0.25, -0.2) is 8.78 Å². The zero-order valence-electron chi connectivity index (χ0n) is 28.2. The number of carbonyl (C=O) groups is 4. The summed E-state index contributed by atoms with van der Waals surface area (Å²) in [5, 5.41) is 23.1. The predicted octanol–water partition coefficient (Wildman–Crippen LogP) is 4.56. The van der Waals surface area contributed by atoms with Crippen molar-refractivity contribution in [1.29, 1.82) is 5.26 Å². The van der Waals surface area contributed by atoms with E-state index in [1.807, 2.05) is 72.8 Å². The summed E-state index contributed by atoms with van der Waals surface area (Å²) in [5.74, 6) is -4.32. The van der Waals surface area contributed by atoms with Crippen LogP contribution < -0.4 is 21.3 Å². The van der Waals surface area contributed by atoms with Gasteiger partial charge in [0.15, 0.2) is 0 Å². The van der Waals surface area contributed by atoms with Crippen LogP contribution in [0, 0.1) is 23.2 Å². The van der Waals surface area contributed by atoms with E-state index in [0.717, 1.165) is 21.9 Å². The quantitative estimate of drug-likeness (QED) is 0.181. The Hall–Kier alpha value is -4.89. The molecular formula is C38H45F2N5O5. The van der Waals surface area contributed by atoms with Gasteiger partial charge in [-0.15, -0.1) is 0 Å². The lowest BCUT2D eigenvalue weighted by atomic mass is 9.82. The fraction of sp³-hybridized carbons (Fsp3) is 0.447. The zero-order chi connectivity index (χ0) is 35.9. The molecule has 4 atom stereocenters. The number of nitrogens with zero attached hydrogens (tertiary/aromatic N) is 1. The van der Waals surface area contributed by atoms with Crippen LogP contribution in [0.3, 0.4) is 0 Å². The minimum Gasteiger partial charge on any atom is -0.463 e. The molecule has 10 nitrogen and oxygen atoms in total. The number of hydrogen-bond donors (Lipinski definition) is 4. The molecule has 0 aromatic heterocycles. The summed E-state index contributed by atoms with van der Waals surface area (Å²) in [6.45, 7) is 1.35. The second-order valence-corrected chi connectivity index (χ2v) is 12.9. The number of carbonyl (C=O) groups excluding carboxylic acids is 4. The van der Waals surface area contributed by atoms with E-state index in [4.69, 9.17) is 0 Å². The zero-order valence-corrected chi connectivity index (χ0v) is 28.2. The third kappa shape index (κ3) is 11.3. The van der Waals surface area contributed by atoms with Gasteiger partial charge in [0, 0.05) is 25.3 Å². The minimum absolute atomic E-state index is 0.146.